The maximum Gasteiger partial charge on any atom is 0.147 e. The Kier molecular flexibility index (Phi) is 12.2. The highest BCUT2D eigenvalue weighted by Crippen LogP contribution is 2.25. The molecule has 0 radical (unpaired) electrons. The van der Waals surface area contributed by atoms with Gasteiger partial charge in [0.1, 0.15) is 76.0 Å². The molecule has 0 amide bonds. The van der Waals surface area contributed by atoms with Crippen LogP contribution in [-0.2, 0) is 66.3 Å². The lowest BCUT2D eigenvalue weighted by atomic mass is 10.0. The van der Waals surface area contributed by atoms with Crippen molar-refractivity contribution in [3.8, 4) is 0 Å². The third kappa shape index (κ3) is 8.24. The summed E-state index contributed by atoms with van der Waals surface area (Å²) in [4.78, 5) is 0. The predicted molar refractivity (Wildman–Crippen MR) is 123 cm³/mol. The Hall–Kier alpha value is -0.560. The van der Waals surface area contributed by atoms with Gasteiger partial charge in [0.05, 0.1) is 79.3 Å². The summed E-state index contributed by atoms with van der Waals surface area (Å²) < 4.78 is 81.1. The van der Waals surface area contributed by atoms with Gasteiger partial charge in [-0.25, -0.2) is 0 Å². The third-order valence-corrected chi connectivity index (χ3v) is 6.86. The molecule has 14 nitrogen and oxygen atoms in total. The van der Waals surface area contributed by atoms with Gasteiger partial charge in [-0.15, -0.1) is 0 Å². The van der Waals surface area contributed by atoms with E-state index in [1.165, 1.54) is 0 Å². The summed E-state index contributed by atoms with van der Waals surface area (Å²) in [7, 11) is 0. The van der Waals surface area contributed by atoms with Crippen molar-refractivity contribution < 1.29 is 66.3 Å². The van der Waals surface area contributed by atoms with Crippen LogP contribution in [0.2, 0.25) is 0 Å². The van der Waals surface area contributed by atoms with Crippen LogP contribution >= 0.6 is 0 Å². The van der Waals surface area contributed by atoms with Crippen molar-refractivity contribution in [2.24, 2.45) is 0 Å². The SMILES string of the molecule is C1COC2COCOC2C2OCOCC2OCCOCCOC2COCOC2C2OCOCC2OCCO1. The van der Waals surface area contributed by atoms with Gasteiger partial charge < -0.3 is 66.3 Å². The molecule has 0 aromatic rings. The van der Waals surface area contributed by atoms with E-state index in [0.29, 0.717) is 79.3 Å². The summed E-state index contributed by atoms with van der Waals surface area (Å²) in [5.41, 5.74) is 0. The summed E-state index contributed by atoms with van der Waals surface area (Å²) in [6.45, 7) is 5.25. The van der Waals surface area contributed by atoms with E-state index in [2.05, 4.69) is 0 Å². The van der Waals surface area contributed by atoms with Crippen LogP contribution in [0.5, 0.6) is 0 Å². The van der Waals surface area contributed by atoms with Crippen LogP contribution in [0.25, 0.3) is 0 Å². The van der Waals surface area contributed by atoms with Crippen LogP contribution in [0, 0.1) is 0 Å². The maximum absolute atomic E-state index is 6.05. The van der Waals surface area contributed by atoms with Crippen molar-refractivity contribution in [3.05, 3.63) is 0 Å². The molecule has 5 fully saturated rings. The average Bonchev–Trinajstić information content (AvgIpc) is 2.97. The van der Waals surface area contributed by atoms with Gasteiger partial charge >= 0.3 is 0 Å². The Morgan fingerprint density at radius 2 is 0.526 bits per heavy atom. The Morgan fingerprint density at radius 3 is 0.789 bits per heavy atom. The van der Waals surface area contributed by atoms with Gasteiger partial charge in [-0.3, -0.25) is 0 Å². The lowest BCUT2D eigenvalue weighted by Gasteiger charge is -2.41. The van der Waals surface area contributed by atoms with E-state index in [1.54, 1.807) is 0 Å². The maximum atomic E-state index is 6.05. The zero-order chi connectivity index (χ0) is 25.8. The first-order valence-corrected chi connectivity index (χ1v) is 13.3. The monoisotopic (exact) mass is 552 g/mol. The standard InChI is InChI=1S/C24H40O14/c1-5-31-17-9-27-13-35-21(17)22-19(11-29-14-36-22)33-7-3-26-4-8-34-20-12-30-16-38-24(20)23-18(10-28-15-37-23)32-6-2-25-1/h17-24H,1-16H2. The van der Waals surface area contributed by atoms with Crippen molar-refractivity contribution in [1.29, 1.82) is 0 Å². The summed E-state index contributed by atoms with van der Waals surface area (Å²) in [5.74, 6) is 0. The van der Waals surface area contributed by atoms with Crippen LogP contribution in [-0.4, -0.2) is 155 Å². The molecule has 0 aromatic heterocycles. The molecule has 220 valence electrons. The molecular weight excluding hydrogens is 512 g/mol. The van der Waals surface area contributed by atoms with Gasteiger partial charge in [0.25, 0.3) is 0 Å². The van der Waals surface area contributed by atoms with E-state index < -0.39 is 0 Å². The topological polar surface area (TPSA) is 129 Å². The molecule has 5 aliphatic heterocycles. The van der Waals surface area contributed by atoms with Crippen LogP contribution in [0.1, 0.15) is 0 Å². The zero-order valence-corrected chi connectivity index (χ0v) is 21.6. The van der Waals surface area contributed by atoms with Crippen molar-refractivity contribution in [2.75, 3.05) is 106 Å². The highest BCUT2D eigenvalue weighted by molar-refractivity contribution is 4.89. The number of hydrogen-bond acceptors (Lipinski definition) is 14. The Balaban J connectivity index is 1.18. The first kappa shape index (κ1) is 29.0. The highest BCUT2D eigenvalue weighted by atomic mass is 16.7. The molecule has 38 heavy (non-hydrogen) atoms. The molecular formula is C24H40O14. The minimum atomic E-state index is -0.357. The van der Waals surface area contributed by atoms with Gasteiger partial charge in [-0.2, -0.15) is 0 Å². The van der Waals surface area contributed by atoms with E-state index in [9.17, 15) is 0 Å². The number of hydrogen-bond donors (Lipinski definition) is 0. The van der Waals surface area contributed by atoms with E-state index in [0.717, 1.165) is 0 Å². The number of fused-ring (bicyclic) bond motifs is 6. The van der Waals surface area contributed by atoms with Crippen molar-refractivity contribution in [2.45, 2.75) is 48.8 Å². The fourth-order valence-corrected chi connectivity index (χ4v) is 5.01. The van der Waals surface area contributed by atoms with Gasteiger partial charge in [-0.1, -0.05) is 0 Å². The molecule has 0 aromatic carbocycles. The number of rotatable bonds is 0. The highest BCUT2D eigenvalue weighted by Gasteiger charge is 2.43. The molecule has 14 heteroatoms. The Bertz CT molecular complexity index is 552. The molecule has 0 bridgehead atoms. The molecule has 0 aliphatic carbocycles. The van der Waals surface area contributed by atoms with E-state index in [4.69, 9.17) is 66.3 Å². The summed E-state index contributed by atoms with van der Waals surface area (Å²) in [5, 5.41) is 0. The van der Waals surface area contributed by atoms with Crippen LogP contribution in [0.4, 0.5) is 0 Å². The van der Waals surface area contributed by atoms with E-state index in [-0.39, 0.29) is 76.0 Å². The lowest BCUT2D eigenvalue weighted by Crippen LogP contribution is -2.57. The van der Waals surface area contributed by atoms with E-state index >= 15 is 0 Å². The summed E-state index contributed by atoms with van der Waals surface area (Å²) in [6, 6.07) is 0. The van der Waals surface area contributed by atoms with Crippen molar-refractivity contribution in [1.82, 2.24) is 0 Å². The molecule has 0 saturated carbocycles. The second-order valence-electron chi connectivity index (χ2n) is 9.34. The molecule has 8 atom stereocenters. The molecule has 8 unspecified atom stereocenters. The fourth-order valence-electron chi connectivity index (χ4n) is 5.01. The van der Waals surface area contributed by atoms with Gasteiger partial charge in [0.15, 0.2) is 0 Å². The molecule has 0 spiro atoms. The molecule has 5 aliphatic rings. The quantitative estimate of drug-likeness (QED) is 0.367. The van der Waals surface area contributed by atoms with E-state index in [1.807, 2.05) is 0 Å². The molecule has 5 heterocycles. The average molecular weight is 553 g/mol. The predicted octanol–water partition coefficient (Wildman–Crippen LogP) is -0.934. The van der Waals surface area contributed by atoms with Crippen molar-refractivity contribution >= 4 is 0 Å². The van der Waals surface area contributed by atoms with Gasteiger partial charge in [0.2, 0.25) is 0 Å². The van der Waals surface area contributed by atoms with Gasteiger partial charge in [0, 0.05) is 0 Å². The largest absolute Gasteiger partial charge is 0.377 e. The Morgan fingerprint density at radius 1 is 0.263 bits per heavy atom. The fraction of sp³-hybridized carbons (Fsp3) is 1.00. The minimum Gasteiger partial charge on any atom is -0.377 e. The summed E-state index contributed by atoms with van der Waals surface area (Å²) in [6.07, 6.45) is -2.73. The molecule has 5 rings (SSSR count). The first-order chi connectivity index (χ1) is 18.9. The minimum absolute atomic E-state index is 0.169. The first-order valence-electron chi connectivity index (χ1n) is 13.3. The van der Waals surface area contributed by atoms with Crippen LogP contribution in [0.15, 0.2) is 0 Å². The van der Waals surface area contributed by atoms with Gasteiger partial charge in [-0.05, 0) is 0 Å². The second-order valence-corrected chi connectivity index (χ2v) is 9.34. The molecule has 5 saturated heterocycles. The molecule has 0 N–H and O–H groups in total. The van der Waals surface area contributed by atoms with Crippen molar-refractivity contribution in [3.63, 3.8) is 0 Å². The van der Waals surface area contributed by atoms with Crippen LogP contribution < -0.4 is 0 Å². The van der Waals surface area contributed by atoms with Crippen LogP contribution in [0.3, 0.4) is 0 Å². The number of ether oxygens (including phenoxy) is 14. The normalized spacial score (nSPS) is 41.7. The summed E-state index contributed by atoms with van der Waals surface area (Å²) >= 11 is 0. The smallest absolute Gasteiger partial charge is 0.147 e. The lowest BCUT2D eigenvalue weighted by molar-refractivity contribution is -0.292. The second kappa shape index (κ2) is 16.0. The third-order valence-electron chi connectivity index (χ3n) is 6.86. The Labute approximate surface area is 222 Å². The zero-order valence-electron chi connectivity index (χ0n) is 21.6.